The third kappa shape index (κ3) is 1.76. The second kappa shape index (κ2) is 4.08. The summed E-state index contributed by atoms with van der Waals surface area (Å²) in [5.74, 6) is 0. The van der Waals surface area contributed by atoms with E-state index in [1.54, 1.807) is 0 Å². The molecule has 3 aromatic rings. The number of hydrogen-bond acceptors (Lipinski definition) is 1. The molecule has 2 aromatic carbocycles. The SMILES string of the molecule is Cc1cc2c(cc1Br)sc1c(C)c(Br)ccc12. The van der Waals surface area contributed by atoms with Gasteiger partial charge in [-0.25, -0.2) is 0 Å². The molecule has 0 bridgehead atoms. The van der Waals surface area contributed by atoms with Crippen molar-refractivity contribution in [1.29, 1.82) is 0 Å². The van der Waals surface area contributed by atoms with E-state index in [2.05, 4.69) is 70.0 Å². The van der Waals surface area contributed by atoms with Gasteiger partial charge in [0, 0.05) is 29.1 Å². The molecule has 0 N–H and O–H groups in total. The molecule has 86 valence electrons. The molecule has 0 nitrogen and oxygen atoms in total. The Morgan fingerprint density at radius 1 is 0.941 bits per heavy atom. The highest BCUT2D eigenvalue weighted by Crippen LogP contribution is 2.40. The molecule has 0 saturated heterocycles. The quantitative estimate of drug-likeness (QED) is 0.442. The average molecular weight is 370 g/mol. The number of benzene rings is 2. The Bertz CT molecular complexity index is 741. The minimum absolute atomic E-state index is 1.19. The predicted octanol–water partition coefficient (Wildman–Crippen LogP) is 6.20. The Balaban J connectivity index is 2.54. The van der Waals surface area contributed by atoms with Gasteiger partial charge < -0.3 is 0 Å². The first-order valence-corrected chi connectivity index (χ1v) is 7.75. The normalized spacial score (nSPS) is 11.5. The lowest BCUT2D eigenvalue weighted by Gasteiger charge is -2.00. The number of rotatable bonds is 0. The van der Waals surface area contributed by atoms with Crippen molar-refractivity contribution in [3.05, 3.63) is 44.3 Å². The number of thiophene rings is 1. The van der Waals surface area contributed by atoms with Crippen LogP contribution < -0.4 is 0 Å². The van der Waals surface area contributed by atoms with Crippen LogP contribution in [-0.4, -0.2) is 0 Å². The second-order valence-electron chi connectivity index (χ2n) is 4.25. The fraction of sp³-hybridized carbons (Fsp3) is 0.143. The van der Waals surface area contributed by atoms with Crippen molar-refractivity contribution >= 4 is 63.4 Å². The molecule has 0 amide bonds. The molecule has 0 fully saturated rings. The Morgan fingerprint density at radius 3 is 2.47 bits per heavy atom. The summed E-state index contributed by atoms with van der Waals surface area (Å²) < 4.78 is 5.10. The lowest BCUT2D eigenvalue weighted by Crippen LogP contribution is -1.76. The third-order valence-electron chi connectivity index (χ3n) is 3.10. The highest BCUT2D eigenvalue weighted by molar-refractivity contribution is 9.10. The zero-order chi connectivity index (χ0) is 12.2. The number of halogens is 2. The molecule has 0 aliphatic heterocycles. The van der Waals surface area contributed by atoms with Crippen LogP contribution in [-0.2, 0) is 0 Å². The highest BCUT2D eigenvalue weighted by Gasteiger charge is 2.10. The molecule has 0 unspecified atom stereocenters. The average Bonchev–Trinajstić information content (AvgIpc) is 2.63. The van der Waals surface area contributed by atoms with Crippen LogP contribution in [0.2, 0.25) is 0 Å². The van der Waals surface area contributed by atoms with E-state index in [0.717, 1.165) is 0 Å². The van der Waals surface area contributed by atoms with E-state index in [-0.39, 0.29) is 0 Å². The van der Waals surface area contributed by atoms with Crippen LogP contribution >= 0.6 is 43.2 Å². The maximum Gasteiger partial charge on any atom is 0.0395 e. The summed E-state index contributed by atoms with van der Waals surface area (Å²) >= 11 is 9.07. The van der Waals surface area contributed by atoms with Crippen LogP contribution in [0.5, 0.6) is 0 Å². The zero-order valence-electron chi connectivity index (χ0n) is 9.47. The van der Waals surface area contributed by atoms with Crippen molar-refractivity contribution in [3.63, 3.8) is 0 Å². The summed E-state index contributed by atoms with van der Waals surface area (Å²) in [5, 5.41) is 2.72. The largest absolute Gasteiger partial charge is 0.135 e. The second-order valence-corrected chi connectivity index (χ2v) is 7.01. The summed E-state index contributed by atoms with van der Waals surface area (Å²) in [6.45, 7) is 4.31. The smallest absolute Gasteiger partial charge is 0.0395 e. The van der Waals surface area contributed by atoms with Gasteiger partial charge in [-0.3, -0.25) is 0 Å². The molecular formula is C14H10Br2S. The fourth-order valence-electron chi connectivity index (χ4n) is 2.08. The zero-order valence-corrected chi connectivity index (χ0v) is 13.5. The summed E-state index contributed by atoms with van der Waals surface area (Å²) in [6.07, 6.45) is 0. The van der Waals surface area contributed by atoms with Gasteiger partial charge in [-0.1, -0.05) is 37.9 Å². The monoisotopic (exact) mass is 368 g/mol. The van der Waals surface area contributed by atoms with Gasteiger partial charge in [0.15, 0.2) is 0 Å². The standard InChI is InChI=1S/C14H10Br2S/c1-7-5-10-9-3-4-11(15)8(2)14(9)17-13(10)6-12(7)16/h3-6H,1-2H3. The van der Waals surface area contributed by atoms with Gasteiger partial charge in [-0.05, 0) is 43.2 Å². The molecule has 3 heteroatoms. The molecular weight excluding hydrogens is 360 g/mol. The van der Waals surface area contributed by atoms with Crippen LogP contribution in [0.3, 0.4) is 0 Å². The minimum Gasteiger partial charge on any atom is -0.135 e. The van der Waals surface area contributed by atoms with Gasteiger partial charge in [-0.2, -0.15) is 0 Å². The van der Waals surface area contributed by atoms with E-state index < -0.39 is 0 Å². The van der Waals surface area contributed by atoms with Gasteiger partial charge in [0.2, 0.25) is 0 Å². The van der Waals surface area contributed by atoms with Crippen molar-refractivity contribution in [3.8, 4) is 0 Å². The van der Waals surface area contributed by atoms with Crippen molar-refractivity contribution < 1.29 is 0 Å². The van der Waals surface area contributed by atoms with Gasteiger partial charge in [0.05, 0.1) is 0 Å². The molecule has 0 aliphatic carbocycles. The molecule has 3 rings (SSSR count). The van der Waals surface area contributed by atoms with Crippen LogP contribution in [0.15, 0.2) is 33.2 Å². The number of aryl methyl sites for hydroxylation is 2. The molecule has 1 heterocycles. The van der Waals surface area contributed by atoms with Gasteiger partial charge >= 0.3 is 0 Å². The van der Waals surface area contributed by atoms with Crippen LogP contribution in [0, 0.1) is 13.8 Å². The van der Waals surface area contributed by atoms with Crippen molar-refractivity contribution in [2.75, 3.05) is 0 Å². The Hall–Kier alpha value is -0.380. The lowest BCUT2D eigenvalue weighted by molar-refractivity contribution is 1.47. The van der Waals surface area contributed by atoms with E-state index in [0.29, 0.717) is 0 Å². The Morgan fingerprint density at radius 2 is 1.71 bits per heavy atom. The van der Waals surface area contributed by atoms with Crippen molar-refractivity contribution in [2.45, 2.75) is 13.8 Å². The van der Waals surface area contributed by atoms with Crippen molar-refractivity contribution in [1.82, 2.24) is 0 Å². The van der Waals surface area contributed by atoms with Gasteiger partial charge in [0.25, 0.3) is 0 Å². The minimum atomic E-state index is 1.19. The van der Waals surface area contributed by atoms with E-state index in [9.17, 15) is 0 Å². The summed E-state index contributed by atoms with van der Waals surface area (Å²) in [7, 11) is 0. The highest BCUT2D eigenvalue weighted by atomic mass is 79.9. The number of fused-ring (bicyclic) bond motifs is 3. The van der Waals surface area contributed by atoms with Crippen LogP contribution in [0.25, 0.3) is 20.2 Å². The van der Waals surface area contributed by atoms with E-state index in [1.165, 1.54) is 40.2 Å². The predicted molar refractivity (Wildman–Crippen MR) is 84.2 cm³/mol. The van der Waals surface area contributed by atoms with Crippen LogP contribution in [0.4, 0.5) is 0 Å². The molecule has 0 spiro atoms. The van der Waals surface area contributed by atoms with Gasteiger partial charge in [-0.15, -0.1) is 11.3 Å². The van der Waals surface area contributed by atoms with E-state index in [1.807, 2.05) is 11.3 Å². The molecule has 17 heavy (non-hydrogen) atoms. The number of hydrogen-bond donors (Lipinski definition) is 0. The Labute approximate surface area is 121 Å². The Kier molecular flexibility index (Phi) is 2.80. The first kappa shape index (κ1) is 11.7. The summed E-state index contributed by atoms with van der Waals surface area (Å²) in [5.41, 5.74) is 2.62. The molecule has 0 atom stereocenters. The first-order valence-electron chi connectivity index (χ1n) is 5.35. The fourth-order valence-corrected chi connectivity index (χ4v) is 4.26. The van der Waals surface area contributed by atoms with Gasteiger partial charge in [0.1, 0.15) is 0 Å². The summed E-state index contributed by atoms with van der Waals surface area (Å²) in [6, 6.07) is 8.84. The maximum absolute atomic E-state index is 3.60. The maximum atomic E-state index is 3.60. The topological polar surface area (TPSA) is 0 Å². The molecule has 0 saturated carbocycles. The van der Waals surface area contributed by atoms with Crippen molar-refractivity contribution in [2.24, 2.45) is 0 Å². The first-order chi connectivity index (χ1) is 8.08. The lowest BCUT2D eigenvalue weighted by atomic mass is 10.1. The molecule has 1 aromatic heterocycles. The molecule has 0 radical (unpaired) electrons. The summed E-state index contributed by atoms with van der Waals surface area (Å²) in [4.78, 5) is 0. The third-order valence-corrected chi connectivity index (χ3v) is 6.10. The van der Waals surface area contributed by atoms with E-state index in [4.69, 9.17) is 0 Å². The molecule has 0 aliphatic rings. The van der Waals surface area contributed by atoms with Crippen LogP contribution in [0.1, 0.15) is 11.1 Å². The van der Waals surface area contributed by atoms with E-state index >= 15 is 0 Å².